The third-order valence-corrected chi connectivity index (χ3v) is 3.96. The minimum Gasteiger partial charge on any atom is -0.383 e. The molecule has 0 bridgehead atoms. The highest BCUT2D eigenvalue weighted by Crippen LogP contribution is 2.30. The van der Waals surface area contributed by atoms with E-state index in [2.05, 4.69) is 25.5 Å². The lowest BCUT2D eigenvalue weighted by Crippen LogP contribution is -2.27. The molecule has 8 heteroatoms. The number of pyridine rings is 1. The van der Waals surface area contributed by atoms with Crippen molar-refractivity contribution >= 4 is 22.5 Å². The summed E-state index contributed by atoms with van der Waals surface area (Å²) >= 11 is 0. The highest BCUT2D eigenvalue weighted by molar-refractivity contribution is 6.03. The Labute approximate surface area is 142 Å². The standard InChI is InChI=1S/C17H16N6O2/c1-25-8-7-19-17(24)14-9-12-11(4-6-18-16(12)22-14)13-10-21-23-15(13)3-2-5-20-23/h2-6,9-10H,7-8H2,1H3,(H,18,22)(H,19,24). The molecule has 0 atom stereocenters. The van der Waals surface area contributed by atoms with Crippen LogP contribution in [0.25, 0.3) is 27.7 Å². The lowest BCUT2D eigenvalue weighted by molar-refractivity contribution is 0.0933. The molecular weight excluding hydrogens is 320 g/mol. The number of carbonyl (C=O) groups excluding carboxylic acids is 1. The van der Waals surface area contributed by atoms with Gasteiger partial charge in [-0.05, 0) is 29.8 Å². The fourth-order valence-corrected chi connectivity index (χ4v) is 2.79. The highest BCUT2D eigenvalue weighted by atomic mass is 16.5. The molecule has 0 saturated carbocycles. The molecule has 4 aromatic heterocycles. The van der Waals surface area contributed by atoms with Gasteiger partial charge in [0.25, 0.3) is 5.91 Å². The van der Waals surface area contributed by atoms with Crippen LogP contribution in [-0.4, -0.2) is 51.0 Å². The zero-order chi connectivity index (χ0) is 17.2. The number of H-pyrrole nitrogens is 1. The first-order valence-electron chi connectivity index (χ1n) is 7.82. The predicted molar refractivity (Wildman–Crippen MR) is 92.3 cm³/mol. The molecule has 0 fully saturated rings. The third kappa shape index (κ3) is 2.72. The number of hydrogen-bond donors (Lipinski definition) is 2. The number of fused-ring (bicyclic) bond motifs is 2. The van der Waals surface area contributed by atoms with Gasteiger partial charge >= 0.3 is 0 Å². The first-order valence-corrected chi connectivity index (χ1v) is 7.82. The molecule has 0 saturated heterocycles. The molecular formula is C17H16N6O2. The van der Waals surface area contributed by atoms with E-state index in [1.54, 1.807) is 36.4 Å². The van der Waals surface area contributed by atoms with E-state index in [1.165, 1.54) is 0 Å². The molecule has 0 aromatic carbocycles. The second-order valence-corrected chi connectivity index (χ2v) is 5.51. The van der Waals surface area contributed by atoms with Gasteiger partial charge in [0, 0.05) is 37.0 Å². The zero-order valence-corrected chi connectivity index (χ0v) is 13.6. The summed E-state index contributed by atoms with van der Waals surface area (Å²) in [4.78, 5) is 19.6. The van der Waals surface area contributed by atoms with E-state index in [0.717, 1.165) is 22.0 Å². The second-order valence-electron chi connectivity index (χ2n) is 5.51. The van der Waals surface area contributed by atoms with Crippen molar-refractivity contribution in [2.75, 3.05) is 20.3 Å². The van der Waals surface area contributed by atoms with Crippen LogP contribution < -0.4 is 5.32 Å². The van der Waals surface area contributed by atoms with Crippen molar-refractivity contribution in [3.05, 3.63) is 48.5 Å². The first kappa shape index (κ1) is 15.3. The number of rotatable bonds is 5. The van der Waals surface area contributed by atoms with Crippen LogP contribution >= 0.6 is 0 Å². The average molecular weight is 336 g/mol. The van der Waals surface area contributed by atoms with Gasteiger partial charge in [-0.25, -0.2) is 4.98 Å². The maximum atomic E-state index is 12.2. The van der Waals surface area contributed by atoms with Crippen LogP contribution in [-0.2, 0) is 4.74 Å². The number of nitrogens with zero attached hydrogens (tertiary/aromatic N) is 4. The molecule has 4 heterocycles. The van der Waals surface area contributed by atoms with Gasteiger partial charge in [-0.1, -0.05) is 0 Å². The summed E-state index contributed by atoms with van der Waals surface area (Å²) in [6, 6.07) is 7.53. The topological polar surface area (TPSA) is 97.2 Å². The van der Waals surface area contributed by atoms with E-state index in [1.807, 2.05) is 18.2 Å². The van der Waals surface area contributed by atoms with E-state index in [9.17, 15) is 4.79 Å². The summed E-state index contributed by atoms with van der Waals surface area (Å²) in [5.74, 6) is -0.192. The van der Waals surface area contributed by atoms with Crippen molar-refractivity contribution in [2.45, 2.75) is 0 Å². The number of aromatic nitrogens is 5. The zero-order valence-electron chi connectivity index (χ0n) is 13.6. The van der Waals surface area contributed by atoms with Crippen LogP contribution in [0.4, 0.5) is 0 Å². The third-order valence-electron chi connectivity index (χ3n) is 3.96. The van der Waals surface area contributed by atoms with Crippen molar-refractivity contribution in [1.82, 2.24) is 30.1 Å². The number of hydrogen-bond acceptors (Lipinski definition) is 5. The Bertz CT molecular complexity index is 1050. The van der Waals surface area contributed by atoms with Crippen molar-refractivity contribution in [2.24, 2.45) is 0 Å². The number of carbonyl (C=O) groups is 1. The molecule has 0 aliphatic heterocycles. The van der Waals surface area contributed by atoms with E-state index in [-0.39, 0.29) is 5.91 Å². The molecule has 1 amide bonds. The number of ether oxygens (including phenoxy) is 1. The van der Waals surface area contributed by atoms with Gasteiger partial charge in [-0.3, -0.25) is 4.79 Å². The van der Waals surface area contributed by atoms with Crippen molar-refractivity contribution in [3.8, 4) is 11.1 Å². The number of amides is 1. The molecule has 0 radical (unpaired) electrons. The van der Waals surface area contributed by atoms with Crippen molar-refractivity contribution in [1.29, 1.82) is 0 Å². The summed E-state index contributed by atoms with van der Waals surface area (Å²) in [5, 5.41) is 12.1. The molecule has 0 aliphatic carbocycles. The molecule has 8 nitrogen and oxygen atoms in total. The molecule has 0 unspecified atom stereocenters. The lowest BCUT2D eigenvalue weighted by atomic mass is 10.1. The number of aromatic amines is 1. The van der Waals surface area contributed by atoms with Crippen LogP contribution in [0, 0.1) is 0 Å². The van der Waals surface area contributed by atoms with Crippen LogP contribution in [0.2, 0.25) is 0 Å². The molecule has 0 spiro atoms. The van der Waals surface area contributed by atoms with Crippen molar-refractivity contribution in [3.63, 3.8) is 0 Å². The Morgan fingerprint density at radius 3 is 3.08 bits per heavy atom. The lowest BCUT2D eigenvalue weighted by Gasteiger charge is -2.01. The van der Waals surface area contributed by atoms with Gasteiger partial charge in [0.1, 0.15) is 11.3 Å². The van der Waals surface area contributed by atoms with Crippen LogP contribution in [0.1, 0.15) is 10.5 Å². The molecule has 0 aliphatic rings. The van der Waals surface area contributed by atoms with Gasteiger partial charge in [0.05, 0.1) is 18.3 Å². The molecule has 126 valence electrons. The van der Waals surface area contributed by atoms with Gasteiger partial charge in [0.2, 0.25) is 0 Å². The largest absolute Gasteiger partial charge is 0.383 e. The second kappa shape index (κ2) is 6.33. The van der Waals surface area contributed by atoms with Gasteiger partial charge in [-0.2, -0.15) is 14.8 Å². The van der Waals surface area contributed by atoms with Gasteiger partial charge in [-0.15, -0.1) is 0 Å². The summed E-state index contributed by atoms with van der Waals surface area (Å²) < 4.78 is 6.52. The molecule has 4 aromatic rings. The Morgan fingerprint density at radius 2 is 2.20 bits per heavy atom. The highest BCUT2D eigenvalue weighted by Gasteiger charge is 2.15. The first-order chi connectivity index (χ1) is 12.3. The Hall–Kier alpha value is -3.26. The van der Waals surface area contributed by atoms with E-state index < -0.39 is 0 Å². The van der Waals surface area contributed by atoms with Gasteiger partial charge in [0.15, 0.2) is 0 Å². The monoisotopic (exact) mass is 336 g/mol. The number of nitrogens with one attached hydrogen (secondary N) is 2. The quantitative estimate of drug-likeness (QED) is 0.540. The Balaban J connectivity index is 1.77. The Kier molecular flexibility index (Phi) is 3.87. The summed E-state index contributed by atoms with van der Waals surface area (Å²) in [6.07, 6.45) is 5.16. The normalized spacial score (nSPS) is 11.2. The summed E-state index contributed by atoms with van der Waals surface area (Å²) in [5.41, 5.74) is 3.88. The van der Waals surface area contributed by atoms with Gasteiger partial charge < -0.3 is 15.0 Å². The maximum Gasteiger partial charge on any atom is 0.267 e. The average Bonchev–Trinajstić information content (AvgIpc) is 3.26. The fourth-order valence-electron chi connectivity index (χ4n) is 2.79. The number of methoxy groups -OCH3 is 1. The molecule has 4 rings (SSSR count). The summed E-state index contributed by atoms with van der Waals surface area (Å²) in [7, 11) is 1.59. The van der Waals surface area contributed by atoms with Crippen LogP contribution in [0.5, 0.6) is 0 Å². The SMILES string of the molecule is COCCNC(=O)c1cc2c(-c3cnn4ncccc34)ccnc2[nH]1. The summed E-state index contributed by atoms with van der Waals surface area (Å²) in [6.45, 7) is 0.912. The minimum absolute atomic E-state index is 0.192. The van der Waals surface area contributed by atoms with E-state index in [0.29, 0.717) is 24.5 Å². The van der Waals surface area contributed by atoms with E-state index in [4.69, 9.17) is 4.74 Å². The predicted octanol–water partition coefficient (Wildman–Crippen LogP) is 1.65. The molecule has 25 heavy (non-hydrogen) atoms. The van der Waals surface area contributed by atoms with Crippen LogP contribution in [0.15, 0.2) is 42.9 Å². The maximum absolute atomic E-state index is 12.2. The minimum atomic E-state index is -0.192. The molecule has 2 N–H and O–H groups in total. The fraction of sp³-hybridized carbons (Fsp3) is 0.176. The van der Waals surface area contributed by atoms with E-state index >= 15 is 0 Å². The van der Waals surface area contributed by atoms with Crippen molar-refractivity contribution < 1.29 is 9.53 Å². The van der Waals surface area contributed by atoms with Crippen LogP contribution in [0.3, 0.4) is 0 Å². The smallest absolute Gasteiger partial charge is 0.267 e. The Morgan fingerprint density at radius 1 is 1.28 bits per heavy atom.